The average Bonchev–Trinajstić information content (AvgIpc) is 3.52. The standard InChI is InChI=1S/C29H27Cl5FN5O5/c1-14(2)26(41)39-28-37-24(34)22-25(38-28)40(13-36-22)27-29(42,12-35)23(44-10-16-4-6-18(31)8-20(16)33)21(45-27)11-43-9-15-3-5-17(30)7-19(15)32/h3-8,13-14,21,23,27,42H,9-12H2,1-2H3,(H,37,38,39,41)/t21-,23-,27-,29-/m1/s1. The third-order valence-corrected chi connectivity index (χ3v) is 8.59. The van der Waals surface area contributed by atoms with Gasteiger partial charge in [0.05, 0.1) is 26.1 Å². The number of amides is 1. The second-order valence-electron chi connectivity index (χ2n) is 10.7. The Morgan fingerprint density at radius 3 is 2.31 bits per heavy atom. The lowest BCUT2D eigenvalue weighted by Gasteiger charge is -2.31. The Hall–Kier alpha value is -2.32. The number of nitrogens with zero attached hydrogens (tertiary/aromatic N) is 4. The van der Waals surface area contributed by atoms with Crippen molar-refractivity contribution in [1.29, 1.82) is 0 Å². The lowest BCUT2D eigenvalue weighted by Crippen LogP contribution is -2.50. The second kappa shape index (κ2) is 14.2. The molecule has 4 aromatic rings. The third-order valence-electron chi connectivity index (χ3n) is 7.15. The summed E-state index contributed by atoms with van der Waals surface area (Å²) in [6.07, 6.45) is -2.39. The van der Waals surface area contributed by atoms with Crippen molar-refractivity contribution >= 4 is 81.0 Å². The van der Waals surface area contributed by atoms with E-state index in [0.29, 0.717) is 31.2 Å². The SMILES string of the molecule is CC(C)C(=O)Nc1nc(Cl)c2ncn([C@@H]3O[C@H](COCc4ccc(Cl)cc4Cl)[C@@H](OCc4ccc(Cl)cc4Cl)[C@]3(O)CF)c2n1. The largest absolute Gasteiger partial charge is 0.380 e. The fourth-order valence-electron chi connectivity index (χ4n) is 4.75. The summed E-state index contributed by atoms with van der Waals surface area (Å²) in [6.45, 7) is 1.95. The summed E-state index contributed by atoms with van der Waals surface area (Å²) >= 11 is 31.0. The number of benzene rings is 2. The molecule has 1 saturated heterocycles. The molecule has 1 fully saturated rings. The van der Waals surface area contributed by atoms with Gasteiger partial charge in [-0.3, -0.25) is 14.7 Å². The number of alkyl halides is 1. The molecular formula is C29H27Cl5FN5O5. The number of carbonyl (C=O) groups is 1. The Kier molecular flexibility index (Phi) is 10.7. The summed E-state index contributed by atoms with van der Waals surface area (Å²) in [7, 11) is 0. The number of imidazole rings is 1. The van der Waals surface area contributed by atoms with Crippen molar-refractivity contribution in [2.75, 3.05) is 18.6 Å². The number of aromatic nitrogens is 4. The van der Waals surface area contributed by atoms with E-state index in [4.69, 9.17) is 72.2 Å². The minimum absolute atomic E-state index is 0.0653. The van der Waals surface area contributed by atoms with Crippen molar-refractivity contribution in [1.82, 2.24) is 19.5 Å². The first-order chi connectivity index (χ1) is 21.4. The predicted molar refractivity (Wildman–Crippen MR) is 170 cm³/mol. The lowest BCUT2D eigenvalue weighted by molar-refractivity contribution is -0.136. The molecule has 45 heavy (non-hydrogen) atoms. The molecule has 0 unspecified atom stereocenters. The van der Waals surface area contributed by atoms with Gasteiger partial charge in [0.15, 0.2) is 22.6 Å². The molecule has 0 bridgehead atoms. The Morgan fingerprint density at radius 1 is 1.07 bits per heavy atom. The first-order valence-electron chi connectivity index (χ1n) is 13.6. The zero-order valence-electron chi connectivity index (χ0n) is 23.8. The second-order valence-corrected chi connectivity index (χ2v) is 12.7. The van der Waals surface area contributed by atoms with Crippen LogP contribution in [-0.4, -0.2) is 61.6 Å². The van der Waals surface area contributed by atoms with Crippen LogP contribution in [0, 0.1) is 5.92 Å². The van der Waals surface area contributed by atoms with Crippen molar-refractivity contribution in [3.05, 3.63) is 79.1 Å². The van der Waals surface area contributed by atoms with Gasteiger partial charge in [0.2, 0.25) is 11.9 Å². The van der Waals surface area contributed by atoms with E-state index in [0.717, 1.165) is 0 Å². The van der Waals surface area contributed by atoms with E-state index in [1.54, 1.807) is 50.2 Å². The topological polar surface area (TPSA) is 121 Å². The molecule has 10 nitrogen and oxygen atoms in total. The third kappa shape index (κ3) is 7.32. The van der Waals surface area contributed by atoms with Crippen LogP contribution in [0.4, 0.5) is 10.3 Å². The molecule has 1 amide bonds. The van der Waals surface area contributed by atoms with E-state index < -0.39 is 30.7 Å². The summed E-state index contributed by atoms with van der Waals surface area (Å²) in [5.41, 5.74) is -0.829. The molecule has 0 spiro atoms. The van der Waals surface area contributed by atoms with Crippen LogP contribution in [0.15, 0.2) is 42.7 Å². The fourth-order valence-corrected chi connectivity index (χ4v) is 5.89. The highest BCUT2D eigenvalue weighted by molar-refractivity contribution is 6.35. The number of ether oxygens (including phenoxy) is 3. The zero-order chi connectivity index (χ0) is 32.5. The molecule has 2 aromatic carbocycles. The molecule has 3 heterocycles. The van der Waals surface area contributed by atoms with E-state index in [-0.39, 0.29) is 53.9 Å². The molecule has 0 saturated carbocycles. The number of carbonyl (C=O) groups excluding carboxylic acids is 1. The molecule has 16 heteroatoms. The summed E-state index contributed by atoms with van der Waals surface area (Å²) < 4.78 is 34.6. The van der Waals surface area contributed by atoms with E-state index in [9.17, 15) is 9.90 Å². The molecule has 240 valence electrons. The molecule has 2 aromatic heterocycles. The zero-order valence-corrected chi connectivity index (χ0v) is 27.6. The van der Waals surface area contributed by atoms with Gasteiger partial charge < -0.3 is 19.3 Å². The number of rotatable bonds is 11. The van der Waals surface area contributed by atoms with E-state index >= 15 is 4.39 Å². The molecule has 2 N–H and O–H groups in total. The first-order valence-corrected chi connectivity index (χ1v) is 15.5. The van der Waals surface area contributed by atoms with Crippen LogP contribution in [0.5, 0.6) is 0 Å². The fraction of sp³-hybridized carbons (Fsp3) is 0.379. The van der Waals surface area contributed by atoms with Gasteiger partial charge >= 0.3 is 0 Å². The molecular weight excluding hydrogens is 695 g/mol. The van der Waals surface area contributed by atoms with E-state index in [1.807, 2.05) is 0 Å². The number of hydrogen-bond donors (Lipinski definition) is 2. The van der Waals surface area contributed by atoms with Crippen molar-refractivity contribution in [3.63, 3.8) is 0 Å². The van der Waals surface area contributed by atoms with E-state index in [1.165, 1.54) is 10.9 Å². The molecule has 1 aliphatic rings. The van der Waals surface area contributed by atoms with Crippen LogP contribution >= 0.6 is 58.0 Å². The average molecular weight is 722 g/mol. The smallest absolute Gasteiger partial charge is 0.232 e. The monoisotopic (exact) mass is 719 g/mol. The molecule has 0 aliphatic carbocycles. The van der Waals surface area contributed by atoms with Crippen LogP contribution in [0.1, 0.15) is 31.2 Å². The van der Waals surface area contributed by atoms with Crippen molar-refractivity contribution < 1.29 is 28.5 Å². The van der Waals surface area contributed by atoms with Gasteiger partial charge in [0.1, 0.15) is 24.4 Å². The van der Waals surface area contributed by atoms with Crippen LogP contribution < -0.4 is 5.32 Å². The predicted octanol–water partition coefficient (Wildman–Crippen LogP) is 7.09. The van der Waals surface area contributed by atoms with Gasteiger partial charge in [-0.1, -0.05) is 84.0 Å². The van der Waals surface area contributed by atoms with Gasteiger partial charge in [-0.05, 0) is 35.4 Å². The van der Waals surface area contributed by atoms with Crippen molar-refractivity contribution in [2.45, 2.75) is 51.1 Å². The maximum Gasteiger partial charge on any atom is 0.232 e. The summed E-state index contributed by atoms with van der Waals surface area (Å²) in [5.74, 6) is -0.806. The van der Waals surface area contributed by atoms with Crippen molar-refractivity contribution in [2.24, 2.45) is 5.92 Å². The number of aliphatic hydroxyl groups is 1. The highest BCUT2D eigenvalue weighted by atomic mass is 35.5. The maximum atomic E-state index is 15.0. The van der Waals surface area contributed by atoms with Gasteiger partial charge in [-0.2, -0.15) is 9.97 Å². The van der Waals surface area contributed by atoms with Gasteiger partial charge in [-0.25, -0.2) is 9.37 Å². The minimum Gasteiger partial charge on any atom is -0.380 e. The minimum atomic E-state index is -2.27. The maximum absolute atomic E-state index is 15.0. The highest BCUT2D eigenvalue weighted by Crippen LogP contribution is 2.43. The van der Waals surface area contributed by atoms with Crippen LogP contribution in [0.2, 0.25) is 25.2 Å². The lowest BCUT2D eigenvalue weighted by atomic mass is 9.95. The Balaban J connectivity index is 1.47. The van der Waals surface area contributed by atoms with Crippen molar-refractivity contribution in [3.8, 4) is 0 Å². The number of halogens is 6. The number of fused-ring (bicyclic) bond motifs is 1. The van der Waals surface area contributed by atoms with Crippen LogP contribution in [0.3, 0.4) is 0 Å². The Labute approximate surface area is 282 Å². The van der Waals surface area contributed by atoms with E-state index in [2.05, 4.69) is 20.3 Å². The summed E-state index contributed by atoms with van der Waals surface area (Å²) in [5, 5.41) is 16.0. The number of anilines is 1. The van der Waals surface area contributed by atoms with Crippen LogP contribution in [0.25, 0.3) is 11.2 Å². The van der Waals surface area contributed by atoms with Crippen LogP contribution in [-0.2, 0) is 32.2 Å². The van der Waals surface area contributed by atoms with Gasteiger partial charge in [-0.15, -0.1) is 0 Å². The normalized spacial score (nSPS) is 21.6. The quantitative estimate of drug-likeness (QED) is 0.158. The molecule has 0 radical (unpaired) electrons. The highest BCUT2D eigenvalue weighted by Gasteiger charge is 2.58. The number of nitrogens with one attached hydrogen (secondary N) is 1. The number of hydrogen-bond acceptors (Lipinski definition) is 8. The molecule has 1 aliphatic heterocycles. The Bertz CT molecular complexity index is 1710. The van der Waals surface area contributed by atoms with Gasteiger partial charge in [0, 0.05) is 26.0 Å². The first kappa shape index (κ1) is 34.0. The summed E-state index contributed by atoms with van der Waals surface area (Å²) in [4.78, 5) is 25.0. The summed E-state index contributed by atoms with van der Waals surface area (Å²) in [6, 6.07) is 9.82. The molecule has 5 rings (SSSR count). The van der Waals surface area contributed by atoms with Gasteiger partial charge in [0.25, 0.3) is 0 Å². The molecule has 4 atom stereocenters. The Morgan fingerprint density at radius 2 is 1.71 bits per heavy atom.